The van der Waals surface area contributed by atoms with E-state index in [0.29, 0.717) is 17.3 Å². The van der Waals surface area contributed by atoms with E-state index in [9.17, 15) is 4.79 Å². The second-order valence-corrected chi connectivity index (χ2v) is 5.38. The molecule has 0 radical (unpaired) electrons. The van der Waals surface area contributed by atoms with Gasteiger partial charge in [0.05, 0.1) is 11.2 Å². The number of halogens is 1. The van der Waals surface area contributed by atoms with Crippen LogP contribution < -0.4 is 10.6 Å². The van der Waals surface area contributed by atoms with E-state index >= 15 is 0 Å². The van der Waals surface area contributed by atoms with Gasteiger partial charge in [0.2, 0.25) is 0 Å². The van der Waals surface area contributed by atoms with Crippen LogP contribution in [-0.2, 0) is 6.42 Å². The summed E-state index contributed by atoms with van der Waals surface area (Å²) in [6.45, 7) is 2.55. The summed E-state index contributed by atoms with van der Waals surface area (Å²) in [5.41, 5.74) is 3.53. The smallest absolute Gasteiger partial charge is 0.319 e. The summed E-state index contributed by atoms with van der Waals surface area (Å²) in [4.78, 5) is 17.0. The van der Waals surface area contributed by atoms with E-state index in [1.165, 1.54) is 4.88 Å². The highest BCUT2D eigenvalue weighted by atomic mass is 35.5. The molecule has 0 spiro atoms. The van der Waals surface area contributed by atoms with Gasteiger partial charge >= 0.3 is 6.03 Å². The third-order valence-electron chi connectivity index (χ3n) is 2.56. The van der Waals surface area contributed by atoms with Crippen molar-refractivity contribution in [3.8, 4) is 0 Å². The molecule has 0 aliphatic rings. The zero-order chi connectivity index (χ0) is 13.7. The maximum atomic E-state index is 11.7. The van der Waals surface area contributed by atoms with Crippen LogP contribution in [0.15, 0.2) is 29.8 Å². The first-order valence-electron chi connectivity index (χ1n) is 5.84. The standard InChI is InChI=1S/C13H14ClN3OS/c1-9-12(19-8-16-9)5-6-15-13(18)17-11-4-2-3-10(14)7-11/h2-4,7-8H,5-6H2,1H3,(H2,15,17,18). The Morgan fingerprint density at radius 2 is 2.32 bits per heavy atom. The third kappa shape index (κ3) is 4.22. The number of benzene rings is 1. The van der Waals surface area contributed by atoms with Crippen molar-refractivity contribution in [2.45, 2.75) is 13.3 Å². The van der Waals surface area contributed by atoms with Gasteiger partial charge in [-0.1, -0.05) is 17.7 Å². The molecule has 0 aliphatic heterocycles. The second-order valence-electron chi connectivity index (χ2n) is 4.00. The highest BCUT2D eigenvalue weighted by Gasteiger charge is 2.04. The largest absolute Gasteiger partial charge is 0.338 e. The van der Waals surface area contributed by atoms with Crippen molar-refractivity contribution in [1.82, 2.24) is 10.3 Å². The van der Waals surface area contributed by atoms with Crippen molar-refractivity contribution in [3.05, 3.63) is 45.4 Å². The van der Waals surface area contributed by atoms with Gasteiger partial charge in [-0.05, 0) is 25.1 Å². The van der Waals surface area contributed by atoms with Gasteiger partial charge in [-0.3, -0.25) is 0 Å². The van der Waals surface area contributed by atoms with Gasteiger partial charge in [0.15, 0.2) is 0 Å². The lowest BCUT2D eigenvalue weighted by atomic mass is 10.3. The van der Waals surface area contributed by atoms with Crippen LogP contribution in [0.25, 0.3) is 0 Å². The number of hydrogen-bond acceptors (Lipinski definition) is 3. The molecule has 100 valence electrons. The first kappa shape index (κ1) is 13.8. The number of hydrogen-bond donors (Lipinski definition) is 2. The topological polar surface area (TPSA) is 54.0 Å². The summed E-state index contributed by atoms with van der Waals surface area (Å²) in [6.07, 6.45) is 0.791. The van der Waals surface area contributed by atoms with Crippen molar-refractivity contribution in [3.63, 3.8) is 0 Å². The summed E-state index contributed by atoms with van der Waals surface area (Å²) in [6, 6.07) is 6.81. The predicted octanol–water partition coefficient (Wildman–Crippen LogP) is 3.47. The lowest BCUT2D eigenvalue weighted by Crippen LogP contribution is -2.30. The molecule has 0 unspecified atom stereocenters. The Kier molecular flexibility index (Phi) is 4.76. The first-order valence-corrected chi connectivity index (χ1v) is 7.10. The molecule has 1 heterocycles. The number of nitrogens with one attached hydrogen (secondary N) is 2. The zero-order valence-corrected chi connectivity index (χ0v) is 12.0. The minimum absolute atomic E-state index is 0.232. The van der Waals surface area contributed by atoms with Gasteiger partial charge in [0.1, 0.15) is 0 Å². The number of carbonyl (C=O) groups is 1. The third-order valence-corrected chi connectivity index (χ3v) is 3.79. The van der Waals surface area contributed by atoms with Crippen LogP contribution in [0.5, 0.6) is 0 Å². The van der Waals surface area contributed by atoms with E-state index < -0.39 is 0 Å². The van der Waals surface area contributed by atoms with E-state index in [0.717, 1.165) is 12.1 Å². The number of aryl methyl sites for hydroxylation is 1. The summed E-state index contributed by atoms with van der Waals surface area (Å²) < 4.78 is 0. The SMILES string of the molecule is Cc1ncsc1CCNC(=O)Nc1cccc(Cl)c1. The average molecular weight is 296 g/mol. The Hall–Kier alpha value is -1.59. The Bertz CT molecular complexity index is 571. The van der Waals surface area contributed by atoms with Crippen LogP contribution in [0.2, 0.25) is 5.02 Å². The number of nitrogens with zero attached hydrogens (tertiary/aromatic N) is 1. The molecule has 0 atom stereocenters. The maximum Gasteiger partial charge on any atom is 0.319 e. The molecule has 2 amide bonds. The summed E-state index contributed by atoms with van der Waals surface area (Å²) in [7, 11) is 0. The van der Waals surface area contributed by atoms with Crippen LogP contribution in [-0.4, -0.2) is 17.6 Å². The van der Waals surface area contributed by atoms with Crippen LogP contribution in [0.4, 0.5) is 10.5 Å². The van der Waals surface area contributed by atoms with Crippen LogP contribution in [0.3, 0.4) is 0 Å². The number of thiazole rings is 1. The Balaban J connectivity index is 1.77. The quantitative estimate of drug-likeness (QED) is 0.907. The molecule has 0 bridgehead atoms. The van der Waals surface area contributed by atoms with Crippen molar-refractivity contribution >= 4 is 34.7 Å². The van der Waals surface area contributed by atoms with Gasteiger partial charge in [-0.2, -0.15) is 0 Å². The number of rotatable bonds is 4. The molecule has 0 fully saturated rings. The van der Waals surface area contributed by atoms with E-state index in [1.54, 1.807) is 35.6 Å². The van der Waals surface area contributed by atoms with E-state index in [1.807, 2.05) is 12.4 Å². The highest BCUT2D eigenvalue weighted by molar-refractivity contribution is 7.09. The fourth-order valence-corrected chi connectivity index (χ4v) is 2.57. The summed E-state index contributed by atoms with van der Waals surface area (Å²) in [5, 5.41) is 6.13. The molecule has 0 saturated heterocycles. The van der Waals surface area contributed by atoms with Crippen LogP contribution in [0, 0.1) is 6.92 Å². The minimum atomic E-state index is -0.232. The van der Waals surface area contributed by atoms with E-state index in [4.69, 9.17) is 11.6 Å². The lowest BCUT2D eigenvalue weighted by Gasteiger charge is -2.07. The monoisotopic (exact) mass is 295 g/mol. The van der Waals surface area contributed by atoms with Crippen molar-refractivity contribution in [2.75, 3.05) is 11.9 Å². The molecular formula is C13H14ClN3OS. The van der Waals surface area contributed by atoms with Gasteiger partial charge in [0.25, 0.3) is 0 Å². The van der Waals surface area contributed by atoms with Gasteiger partial charge in [0, 0.05) is 28.6 Å². The lowest BCUT2D eigenvalue weighted by molar-refractivity contribution is 0.252. The molecule has 19 heavy (non-hydrogen) atoms. The second kappa shape index (κ2) is 6.54. The van der Waals surface area contributed by atoms with Gasteiger partial charge in [-0.15, -0.1) is 11.3 Å². The normalized spacial score (nSPS) is 10.2. The summed E-state index contributed by atoms with van der Waals surface area (Å²) in [5.74, 6) is 0. The van der Waals surface area contributed by atoms with Crippen LogP contribution >= 0.6 is 22.9 Å². The molecule has 1 aromatic carbocycles. The molecular weight excluding hydrogens is 282 g/mol. The Labute approximate surface area is 120 Å². The zero-order valence-electron chi connectivity index (χ0n) is 10.4. The number of amides is 2. The van der Waals surface area contributed by atoms with Gasteiger partial charge < -0.3 is 10.6 Å². The molecule has 0 saturated carbocycles. The molecule has 0 aliphatic carbocycles. The minimum Gasteiger partial charge on any atom is -0.338 e. The van der Waals surface area contributed by atoms with E-state index in [-0.39, 0.29) is 6.03 Å². The summed E-state index contributed by atoms with van der Waals surface area (Å²) >= 11 is 7.45. The first-order chi connectivity index (χ1) is 9.15. The van der Waals surface area contributed by atoms with E-state index in [2.05, 4.69) is 15.6 Å². The van der Waals surface area contributed by atoms with Crippen LogP contribution in [0.1, 0.15) is 10.6 Å². The average Bonchev–Trinajstić information content (AvgIpc) is 2.75. The number of urea groups is 1. The molecule has 1 aromatic heterocycles. The maximum absolute atomic E-state index is 11.7. The van der Waals surface area contributed by atoms with Crippen molar-refractivity contribution in [1.29, 1.82) is 0 Å². The molecule has 6 heteroatoms. The molecule has 4 nitrogen and oxygen atoms in total. The number of carbonyl (C=O) groups excluding carboxylic acids is 1. The van der Waals surface area contributed by atoms with Crippen molar-refractivity contribution < 1.29 is 4.79 Å². The molecule has 2 rings (SSSR count). The number of anilines is 1. The molecule has 2 N–H and O–H groups in total. The highest BCUT2D eigenvalue weighted by Crippen LogP contribution is 2.15. The van der Waals surface area contributed by atoms with Crippen molar-refractivity contribution in [2.24, 2.45) is 0 Å². The Morgan fingerprint density at radius 1 is 1.47 bits per heavy atom. The predicted molar refractivity (Wildman–Crippen MR) is 79.0 cm³/mol. The fraction of sp³-hybridized carbons (Fsp3) is 0.231. The molecule has 2 aromatic rings. The van der Waals surface area contributed by atoms with Gasteiger partial charge in [-0.25, -0.2) is 9.78 Å². The Morgan fingerprint density at radius 3 is 3.00 bits per heavy atom. The number of aromatic nitrogens is 1. The fourth-order valence-electron chi connectivity index (χ4n) is 1.60.